The predicted molar refractivity (Wildman–Crippen MR) is 105 cm³/mol. The van der Waals surface area contributed by atoms with Gasteiger partial charge in [-0.15, -0.1) is 24.8 Å². The second-order valence-corrected chi connectivity index (χ2v) is 6.25. The summed E-state index contributed by atoms with van der Waals surface area (Å²) in [5, 5.41) is 6.41. The summed E-state index contributed by atoms with van der Waals surface area (Å²) in [5.74, 6) is 1.62. The van der Waals surface area contributed by atoms with Crippen molar-refractivity contribution in [3.63, 3.8) is 0 Å². The molecule has 6 nitrogen and oxygen atoms in total. The molecule has 8 heteroatoms. The highest BCUT2D eigenvalue weighted by molar-refractivity contribution is 5.93. The summed E-state index contributed by atoms with van der Waals surface area (Å²) >= 11 is 0. The van der Waals surface area contributed by atoms with E-state index in [2.05, 4.69) is 20.5 Å². The van der Waals surface area contributed by atoms with Crippen LogP contribution in [0.5, 0.6) is 0 Å². The number of aromatic nitrogens is 1. The van der Waals surface area contributed by atoms with E-state index in [9.17, 15) is 4.79 Å². The van der Waals surface area contributed by atoms with Crippen molar-refractivity contribution >= 4 is 42.2 Å². The largest absolute Gasteiger partial charge is 0.378 e. The number of ether oxygens (including phenoxy) is 1. The molecule has 0 saturated carbocycles. The molecule has 0 atom stereocenters. The Balaban J connectivity index is 0.00000156. The van der Waals surface area contributed by atoms with Crippen LogP contribution >= 0.6 is 24.8 Å². The second-order valence-electron chi connectivity index (χ2n) is 6.25. The molecule has 0 aromatic carbocycles. The topological polar surface area (TPSA) is 66.5 Å². The quantitative estimate of drug-likeness (QED) is 0.808. The number of rotatable bonds is 5. The van der Waals surface area contributed by atoms with Crippen molar-refractivity contribution in [3.8, 4) is 0 Å². The molecule has 2 aliphatic rings. The van der Waals surface area contributed by atoms with Crippen LogP contribution in [-0.2, 0) is 9.53 Å². The molecule has 142 valence electrons. The first-order chi connectivity index (χ1) is 11.3. The maximum atomic E-state index is 12.3. The molecule has 2 N–H and O–H groups in total. The molecule has 1 amide bonds. The molecule has 2 saturated heterocycles. The Bertz CT molecular complexity index is 521. The van der Waals surface area contributed by atoms with Crippen LogP contribution in [-0.4, -0.2) is 50.3 Å². The van der Waals surface area contributed by atoms with Crippen molar-refractivity contribution in [3.05, 3.63) is 18.3 Å². The van der Waals surface area contributed by atoms with Crippen LogP contribution in [0.1, 0.15) is 25.7 Å². The third kappa shape index (κ3) is 6.62. The van der Waals surface area contributed by atoms with E-state index in [1.165, 1.54) is 12.8 Å². The van der Waals surface area contributed by atoms with Crippen LogP contribution < -0.4 is 15.5 Å². The molecule has 0 radical (unpaired) electrons. The number of piperidine rings is 1. The number of nitrogens with zero attached hydrogens (tertiary/aromatic N) is 2. The Morgan fingerprint density at radius 3 is 2.72 bits per heavy atom. The number of nitrogens with one attached hydrogen (secondary N) is 2. The fourth-order valence-corrected chi connectivity index (χ4v) is 3.24. The van der Waals surface area contributed by atoms with Gasteiger partial charge in [0.15, 0.2) is 5.82 Å². The molecular weight excluding hydrogens is 363 g/mol. The number of hydrogen-bond donors (Lipinski definition) is 2. The van der Waals surface area contributed by atoms with Gasteiger partial charge in [-0.2, -0.15) is 0 Å². The number of pyridine rings is 1. The van der Waals surface area contributed by atoms with Crippen LogP contribution in [0.4, 0.5) is 11.5 Å². The van der Waals surface area contributed by atoms with Gasteiger partial charge in [0.05, 0.1) is 18.9 Å². The standard InChI is InChI=1S/C17H26N4O2.2ClH/c22-16(4-3-14-5-8-18-9-6-14)20-15-2-1-7-19-17(15)21-10-12-23-13-11-21;;/h1-2,7,14,18H,3-6,8-13H2,(H,20,22);2*1H. The minimum absolute atomic E-state index is 0. The Kier molecular flexibility index (Phi) is 10.1. The molecule has 1 aromatic heterocycles. The first-order valence-corrected chi connectivity index (χ1v) is 8.61. The van der Waals surface area contributed by atoms with E-state index in [0.29, 0.717) is 25.6 Å². The molecule has 0 spiro atoms. The lowest BCUT2D eigenvalue weighted by molar-refractivity contribution is -0.116. The molecule has 1 aromatic rings. The van der Waals surface area contributed by atoms with Crippen molar-refractivity contribution in [1.82, 2.24) is 10.3 Å². The van der Waals surface area contributed by atoms with Gasteiger partial charge in [-0.05, 0) is 50.4 Å². The highest BCUT2D eigenvalue weighted by atomic mass is 35.5. The van der Waals surface area contributed by atoms with Gasteiger partial charge >= 0.3 is 0 Å². The van der Waals surface area contributed by atoms with Crippen LogP contribution in [0.15, 0.2) is 18.3 Å². The highest BCUT2D eigenvalue weighted by Gasteiger charge is 2.18. The first-order valence-electron chi connectivity index (χ1n) is 8.61. The normalized spacial score (nSPS) is 18.0. The summed E-state index contributed by atoms with van der Waals surface area (Å²) in [6, 6.07) is 3.80. The number of anilines is 2. The van der Waals surface area contributed by atoms with Gasteiger partial charge < -0.3 is 20.3 Å². The van der Waals surface area contributed by atoms with E-state index in [1.54, 1.807) is 6.20 Å². The number of morpholine rings is 1. The fourth-order valence-electron chi connectivity index (χ4n) is 3.24. The molecule has 2 aliphatic heterocycles. The minimum atomic E-state index is 0. The van der Waals surface area contributed by atoms with Crippen molar-refractivity contribution in [1.29, 1.82) is 0 Å². The lowest BCUT2D eigenvalue weighted by atomic mass is 9.93. The molecular formula is C17H28Cl2N4O2. The summed E-state index contributed by atoms with van der Waals surface area (Å²) in [4.78, 5) is 18.9. The van der Waals surface area contributed by atoms with Gasteiger partial charge in [0, 0.05) is 25.7 Å². The van der Waals surface area contributed by atoms with Gasteiger partial charge in [0.25, 0.3) is 0 Å². The summed E-state index contributed by atoms with van der Waals surface area (Å²) < 4.78 is 5.39. The summed E-state index contributed by atoms with van der Waals surface area (Å²) in [5.41, 5.74) is 0.810. The highest BCUT2D eigenvalue weighted by Crippen LogP contribution is 2.24. The van der Waals surface area contributed by atoms with E-state index in [4.69, 9.17) is 4.74 Å². The number of carbonyl (C=O) groups is 1. The van der Waals surface area contributed by atoms with Crippen molar-refractivity contribution in [2.45, 2.75) is 25.7 Å². The molecule has 3 heterocycles. The molecule has 3 rings (SSSR count). The maximum Gasteiger partial charge on any atom is 0.224 e. The molecule has 0 aliphatic carbocycles. The molecule has 0 unspecified atom stereocenters. The Hall–Kier alpha value is -1.08. The zero-order chi connectivity index (χ0) is 15.9. The number of hydrogen-bond acceptors (Lipinski definition) is 5. The predicted octanol–water partition coefficient (Wildman–Crippen LogP) is 2.48. The fraction of sp³-hybridized carbons (Fsp3) is 0.647. The van der Waals surface area contributed by atoms with E-state index < -0.39 is 0 Å². The van der Waals surface area contributed by atoms with Crippen molar-refractivity contribution < 1.29 is 9.53 Å². The Morgan fingerprint density at radius 2 is 2.00 bits per heavy atom. The number of carbonyl (C=O) groups excluding carboxylic acids is 1. The van der Waals surface area contributed by atoms with Gasteiger partial charge in [-0.1, -0.05) is 0 Å². The van der Waals surface area contributed by atoms with Gasteiger partial charge in [-0.25, -0.2) is 4.98 Å². The Labute approximate surface area is 161 Å². The van der Waals surface area contributed by atoms with Crippen molar-refractivity contribution in [2.24, 2.45) is 5.92 Å². The SMILES string of the molecule is Cl.Cl.O=C(CCC1CCNCC1)Nc1cccnc1N1CCOCC1. The third-order valence-corrected chi connectivity index (χ3v) is 4.61. The smallest absolute Gasteiger partial charge is 0.224 e. The third-order valence-electron chi connectivity index (χ3n) is 4.61. The summed E-state index contributed by atoms with van der Waals surface area (Å²) in [6.45, 7) is 5.20. The second kappa shape index (κ2) is 11.5. The molecule has 2 fully saturated rings. The van der Waals surface area contributed by atoms with Gasteiger partial charge in [0.1, 0.15) is 0 Å². The molecule has 0 bridgehead atoms. The van der Waals surface area contributed by atoms with Crippen LogP contribution in [0, 0.1) is 5.92 Å². The number of halogens is 2. The maximum absolute atomic E-state index is 12.3. The van der Waals surface area contributed by atoms with Crippen LogP contribution in [0.3, 0.4) is 0 Å². The number of amides is 1. The lowest BCUT2D eigenvalue weighted by Gasteiger charge is -2.29. The zero-order valence-corrected chi connectivity index (χ0v) is 16.0. The van der Waals surface area contributed by atoms with Crippen LogP contribution in [0.2, 0.25) is 0 Å². The van der Waals surface area contributed by atoms with E-state index >= 15 is 0 Å². The minimum Gasteiger partial charge on any atom is -0.378 e. The van der Waals surface area contributed by atoms with Gasteiger partial charge in [0.2, 0.25) is 5.91 Å². The van der Waals surface area contributed by atoms with Gasteiger partial charge in [-0.3, -0.25) is 4.79 Å². The van der Waals surface area contributed by atoms with Crippen LogP contribution in [0.25, 0.3) is 0 Å². The van der Waals surface area contributed by atoms with E-state index in [-0.39, 0.29) is 30.7 Å². The first kappa shape index (κ1) is 22.0. The average molecular weight is 391 g/mol. The molecule has 25 heavy (non-hydrogen) atoms. The van der Waals surface area contributed by atoms with Crippen molar-refractivity contribution in [2.75, 3.05) is 49.6 Å². The summed E-state index contributed by atoms with van der Waals surface area (Å²) in [7, 11) is 0. The lowest BCUT2D eigenvalue weighted by Crippen LogP contribution is -2.37. The zero-order valence-electron chi connectivity index (χ0n) is 14.4. The monoisotopic (exact) mass is 390 g/mol. The average Bonchev–Trinajstić information content (AvgIpc) is 2.62. The van der Waals surface area contributed by atoms with E-state index in [1.807, 2.05) is 12.1 Å². The van der Waals surface area contributed by atoms with E-state index in [0.717, 1.165) is 44.1 Å². The Morgan fingerprint density at radius 1 is 1.28 bits per heavy atom. The summed E-state index contributed by atoms with van der Waals surface area (Å²) in [6.07, 6.45) is 5.69.